The molecule has 2 aliphatic heterocycles. The molecule has 2 aliphatic rings. The predicted octanol–water partition coefficient (Wildman–Crippen LogP) is 4.20. The van der Waals surface area contributed by atoms with Crippen molar-refractivity contribution in [1.29, 1.82) is 0 Å². The summed E-state index contributed by atoms with van der Waals surface area (Å²) in [5.74, 6) is 0.678. The minimum Gasteiger partial charge on any atom is -0.490 e. The molecule has 2 heterocycles. The van der Waals surface area contributed by atoms with Crippen molar-refractivity contribution < 1.29 is 19.7 Å². The lowest BCUT2D eigenvalue weighted by Gasteiger charge is -2.39. The molecule has 0 spiro atoms. The number of β-amino-alcohol motifs (C(OH)–C–C–N with tert-alkyl or cyclic N) is 1. The van der Waals surface area contributed by atoms with Gasteiger partial charge in [-0.25, -0.2) is 0 Å². The number of aliphatic hydroxyl groups is 2. The van der Waals surface area contributed by atoms with Gasteiger partial charge in [0, 0.05) is 44.4 Å². The number of aliphatic hydroxyl groups excluding tert-OH is 1. The number of rotatable bonds is 8. The number of hydrogen-bond donors (Lipinski definition) is 2. The van der Waals surface area contributed by atoms with E-state index < -0.39 is 11.7 Å². The summed E-state index contributed by atoms with van der Waals surface area (Å²) in [5.41, 5.74) is 0.933. The second-order valence-electron chi connectivity index (χ2n) is 10.3. The second-order valence-corrected chi connectivity index (χ2v) is 10.3. The number of nitrogens with zero attached hydrogens (tertiary/aromatic N) is 2. The van der Waals surface area contributed by atoms with Crippen LogP contribution in [0.15, 0.2) is 72.8 Å². The Bertz CT molecular complexity index is 1240. The van der Waals surface area contributed by atoms with E-state index in [4.69, 9.17) is 4.74 Å². The standard InChI is InChI=1S/C31H36N2O4/c34-28(23-37-29-10-4-3-8-25(29)12-14-30(35)33-17-5-6-18-33)22-32-19-15-31(36,16-20-32)27-13-11-24-7-1-2-9-26(24)21-27/h1-4,7-14,21,28,34,36H,5-6,15-20,22-23H2/b14-12+. The lowest BCUT2D eigenvalue weighted by molar-refractivity contribution is -0.124. The molecule has 1 atom stereocenters. The number of benzene rings is 3. The Balaban J connectivity index is 1.12. The molecule has 6 heteroatoms. The van der Waals surface area contributed by atoms with Crippen LogP contribution < -0.4 is 4.74 Å². The molecule has 37 heavy (non-hydrogen) atoms. The van der Waals surface area contributed by atoms with Gasteiger partial charge < -0.3 is 24.7 Å². The van der Waals surface area contributed by atoms with Gasteiger partial charge in [-0.05, 0) is 60.2 Å². The van der Waals surface area contributed by atoms with Crippen LogP contribution in [0, 0.1) is 0 Å². The highest BCUT2D eigenvalue weighted by Gasteiger charge is 2.34. The minimum absolute atomic E-state index is 0.0288. The van der Waals surface area contributed by atoms with Gasteiger partial charge in [0.15, 0.2) is 0 Å². The van der Waals surface area contributed by atoms with E-state index in [9.17, 15) is 15.0 Å². The molecule has 3 aromatic carbocycles. The highest BCUT2D eigenvalue weighted by Crippen LogP contribution is 2.34. The van der Waals surface area contributed by atoms with Gasteiger partial charge in [-0.1, -0.05) is 54.6 Å². The molecular weight excluding hydrogens is 464 g/mol. The molecule has 194 valence electrons. The summed E-state index contributed by atoms with van der Waals surface area (Å²) in [7, 11) is 0. The molecule has 0 aliphatic carbocycles. The average Bonchev–Trinajstić information content (AvgIpc) is 3.47. The number of ether oxygens (including phenoxy) is 1. The van der Waals surface area contributed by atoms with E-state index in [0.29, 0.717) is 38.2 Å². The fraction of sp³-hybridized carbons (Fsp3) is 0.387. The van der Waals surface area contributed by atoms with Crippen molar-refractivity contribution >= 4 is 22.8 Å². The van der Waals surface area contributed by atoms with Crippen molar-refractivity contribution in [3.05, 3.63) is 83.9 Å². The summed E-state index contributed by atoms with van der Waals surface area (Å²) < 4.78 is 5.95. The molecule has 1 amide bonds. The molecule has 0 saturated carbocycles. The zero-order valence-electron chi connectivity index (χ0n) is 21.3. The SMILES string of the molecule is O=C(/C=C/c1ccccc1OCC(O)CN1CCC(O)(c2ccc3ccccc3c2)CC1)N1CCCC1. The van der Waals surface area contributed by atoms with Crippen molar-refractivity contribution in [3.63, 3.8) is 0 Å². The topological polar surface area (TPSA) is 73.2 Å². The Kier molecular flexibility index (Phi) is 7.89. The Labute approximate surface area is 218 Å². The lowest BCUT2D eigenvalue weighted by atomic mass is 9.83. The van der Waals surface area contributed by atoms with Gasteiger partial charge in [0.25, 0.3) is 0 Å². The third-order valence-electron chi connectivity index (χ3n) is 7.61. The van der Waals surface area contributed by atoms with Gasteiger partial charge in [-0.15, -0.1) is 0 Å². The number of hydrogen-bond acceptors (Lipinski definition) is 5. The summed E-state index contributed by atoms with van der Waals surface area (Å²) in [6.07, 6.45) is 6.12. The number of carbonyl (C=O) groups is 1. The number of piperidine rings is 1. The number of likely N-dealkylation sites (tertiary alicyclic amines) is 2. The van der Waals surface area contributed by atoms with Crippen LogP contribution in [0.4, 0.5) is 0 Å². The van der Waals surface area contributed by atoms with Crippen LogP contribution in [0.2, 0.25) is 0 Å². The van der Waals surface area contributed by atoms with E-state index >= 15 is 0 Å². The number of amides is 1. The van der Waals surface area contributed by atoms with Crippen LogP contribution >= 0.6 is 0 Å². The maximum absolute atomic E-state index is 12.3. The third-order valence-corrected chi connectivity index (χ3v) is 7.61. The highest BCUT2D eigenvalue weighted by molar-refractivity contribution is 5.92. The third kappa shape index (κ3) is 6.21. The van der Waals surface area contributed by atoms with E-state index in [1.807, 2.05) is 47.4 Å². The second kappa shape index (κ2) is 11.5. The van der Waals surface area contributed by atoms with Crippen molar-refractivity contribution in [3.8, 4) is 5.75 Å². The van der Waals surface area contributed by atoms with Gasteiger partial charge in [-0.2, -0.15) is 0 Å². The Hall–Kier alpha value is -3.19. The number of carbonyl (C=O) groups excluding carboxylic acids is 1. The van der Waals surface area contributed by atoms with Gasteiger partial charge >= 0.3 is 0 Å². The monoisotopic (exact) mass is 500 g/mol. The lowest BCUT2D eigenvalue weighted by Crippen LogP contribution is -2.46. The molecule has 5 rings (SSSR count). The van der Waals surface area contributed by atoms with Crippen LogP contribution in [0.1, 0.15) is 36.8 Å². The molecule has 0 aromatic heterocycles. The van der Waals surface area contributed by atoms with Crippen molar-refractivity contribution in [2.75, 3.05) is 39.3 Å². The molecular formula is C31H36N2O4. The molecule has 2 N–H and O–H groups in total. The maximum atomic E-state index is 12.3. The molecule has 3 aromatic rings. The van der Waals surface area contributed by atoms with Crippen LogP contribution in [-0.2, 0) is 10.4 Å². The molecule has 2 fully saturated rings. The first kappa shape index (κ1) is 25.5. The maximum Gasteiger partial charge on any atom is 0.246 e. The largest absolute Gasteiger partial charge is 0.490 e. The smallest absolute Gasteiger partial charge is 0.246 e. The van der Waals surface area contributed by atoms with Gasteiger partial charge in [0.05, 0.1) is 5.60 Å². The Morgan fingerprint density at radius 3 is 2.43 bits per heavy atom. The molecule has 0 radical (unpaired) electrons. The van der Waals surface area contributed by atoms with Gasteiger partial charge in [0.1, 0.15) is 18.5 Å². The normalized spacial score (nSPS) is 18.9. The van der Waals surface area contributed by atoms with Crippen LogP contribution in [0.5, 0.6) is 5.75 Å². The van der Waals surface area contributed by atoms with E-state index in [0.717, 1.165) is 42.4 Å². The predicted molar refractivity (Wildman–Crippen MR) is 146 cm³/mol. The fourth-order valence-electron chi connectivity index (χ4n) is 5.36. The summed E-state index contributed by atoms with van der Waals surface area (Å²) in [6.45, 7) is 3.71. The minimum atomic E-state index is -0.847. The zero-order chi connectivity index (χ0) is 25.7. The summed E-state index contributed by atoms with van der Waals surface area (Å²) >= 11 is 0. The first-order chi connectivity index (χ1) is 18.0. The molecule has 6 nitrogen and oxygen atoms in total. The Morgan fingerprint density at radius 2 is 1.65 bits per heavy atom. The first-order valence-electron chi connectivity index (χ1n) is 13.3. The van der Waals surface area contributed by atoms with Crippen molar-refractivity contribution in [1.82, 2.24) is 9.80 Å². The van der Waals surface area contributed by atoms with E-state index in [1.165, 1.54) is 5.39 Å². The fourth-order valence-corrected chi connectivity index (χ4v) is 5.36. The quantitative estimate of drug-likeness (QED) is 0.454. The van der Waals surface area contributed by atoms with Crippen molar-refractivity contribution in [2.45, 2.75) is 37.4 Å². The summed E-state index contributed by atoms with van der Waals surface area (Å²) in [5, 5.41) is 24.3. The van der Waals surface area contributed by atoms with Gasteiger partial charge in [0.2, 0.25) is 5.91 Å². The van der Waals surface area contributed by atoms with E-state index in [2.05, 4.69) is 29.2 Å². The van der Waals surface area contributed by atoms with Gasteiger partial charge in [-0.3, -0.25) is 4.79 Å². The van der Waals surface area contributed by atoms with E-state index in [-0.39, 0.29) is 12.5 Å². The number of para-hydroxylation sites is 1. The van der Waals surface area contributed by atoms with Crippen LogP contribution in [0.3, 0.4) is 0 Å². The zero-order valence-corrected chi connectivity index (χ0v) is 21.3. The van der Waals surface area contributed by atoms with Crippen LogP contribution in [-0.4, -0.2) is 71.4 Å². The van der Waals surface area contributed by atoms with Crippen molar-refractivity contribution in [2.24, 2.45) is 0 Å². The van der Waals surface area contributed by atoms with Crippen LogP contribution in [0.25, 0.3) is 16.8 Å². The Morgan fingerprint density at radius 1 is 0.946 bits per heavy atom. The number of fused-ring (bicyclic) bond motifs is 1. The highest BCUT2D eigenvalue weighted by atomic mass is 16.5. The molecule has 1 unspecified atom stereocenters. The average molecular weight is 501 g/mol. The molecule has 2 saturated heterocycles. The van der Waals surface area contributed by atoms with E-state index in [1.54, 1.807) is 12.2 Å². The summed E-state index contributed by atoms with van der Waals surface area (Å²) in [4.78, 5) is 16.4. The summed E-state index contributed by atoms with van der Waals surface area (Å²) in [6, 6.07) is 22.0. The molecule has 0 bridgehead atoms. The first-order valence-corrected chi connectivity index (χ1v) is 13.3.